The standard InChI is InChI=1S/C14H20BrNO2/c1-2-10-11(5-3-4-6-16)12(15)9-13-14(10)18-8-7-17-13/h9H,2-8,16H2,1H3. The fourth-order valence-electron chi connectivity index (χ4n) is 2.35. The van der Waals surface area contributed by atoms with E-state index in [4.69, 9.17) is 15.2 Å². The van der Waals surface area contributed by atoms with E-state index in [1.165, 1.54) is 11.1 Å². The zero-order valence-electron chi connectivity index (χ0n) is 10.8. The number of fused-ring (bicyclic) bond motifs is 1. The summed E-state index contributed by atoms with van der Waals surface area (Å²) in [5.74, 6) is 1.81. The molecule has 2 rings (SSSR count). The molecule has 18 heavy (non-hydrogen) atoms. The summed E-state index contributed by atoms with van der Waals surface area (Å²) < 4.78 is 12.6. The largest absolute Gasteiger partial charge is 0.486 e. The average Bonchev–Trinajstić information content (AvgIpc) is 2.39. The van der Waals surface area contributed by atoms with Crippen LogP contribution in [0.4, 0.5) is 0 Å². The van der Waals surface area contributed by atoms with Gasteiger partial charge in [-0.3, -0.25) is 0 Å². The van der Waals surface area contributed by atoms with Gasteiger partial charge in [0.2, 0.25) is 0 Å². The average molecular weight is 314 g/mol. The number of halogens is 1. The Morgan fingerprint density at radius 3 is 2.72 bits per heavy atom. The van der Waals surface area contributed by atoms with Crippen molar-refractivity contribution in [2.45, 2.75) is 32.6 Å². The first kappa shape index (κ1) is 13.7. The summed E-state index contributed by atoms with van der Waals surface area (Å²) in [6.45, 7) is 4.19. The van der Waals surface area contributed by atoms with E-state index in [1.54, 1.807) is 0 Å². The van der Waals surface area contributed by atoms with Crippen molar-refractivity contribution < 1.29 is 9.47 Å². The number of ether oxygens (including phenoxy) is 2. The van der Waals surface area contributed by atoms with Gasteiger partial charge in [-0.2, -0.15) is 0 Å². The molecule has 0 aliphatic carbocycles. The summed E-state index contributed by atoms with van der Waals surface area (Å²) in [6, 6.07) is 2.03. The minimum absolute atomic E-state index is 0.634. The van der Waals surface area contributed by atoms with Crippen molar-refractivity contribution in [1.82, 2.24) is 0 Å². The Morgan fingerprint density at radius 1 is 1.22 bits per heavy atom. The van der Waals surface area contributed by atoms with Gasteiger partial charge in [0.1, 0.15) is 13.2 Å². The van der Waals surface area contributed by atoms with Crippen molar-refractivity contribution in [3.8, 4) is 11.5 Å². The molecule has 1 heterocycles. The summed E-state index contributed by atoms with van der Waals surface area (Å²) in [7, 11) is 0. The van der Waals surface area contributed by atoms with Crippen LogP contribution in [0.25, 0.3) is 0 Å². The molecule has 0 saturated carbocycles. The van der Waals surface area contributed by atoms with Gasteiger partial charge >= 0.3 is 0 Å². The zero-order valence-corrected chi connectivity index (χ0v) is 12.4. The molecular weight excluding hydrogens is 294 g/mol. The Morgan fingerprint density at radius 2 is 2.00 bits per heavy atom. The summed E-state index contributed by atoms with van der Waals surface area (Å²) in [6.07, 6.45) is 4.17. The van der Waals surface area contributed by atoms with Crippen LogP contribution in [0.1, 0.15) is 30.9 Å². The fraction of sp³-hybridized carbons (Fsp3) is 0.571. The number of hydrogen-bond acceptors (Lipinski definition) is 3. The highest BCUT2D eigenvalue weighted by Crippen LogP contribution is 2.40. The Kier molecular flexibility index (Phi) is 4.89. The highest BCUT2D eigenvalue weighted by Gasteiger charge is 2.20. The summed E-state index contributed by atoms with van der Waals surface area (Å²) in [5.41, 5.74) is 8.17. The lowest BCUT2D eigenvalue weighted by Crippen LogP contribution is -2.17. The molecule has 1 aromatic rings. The maximum absolute atomic E-state index is 5.78. The fourth-order valence-corrected chi connectivity index (χ4v) is 2.99. The third-order valence-electron chi connectivity index (χ3n) is 3.23. The lowest BCUT2D eigenvalue weighted by atomic mass is 9.98. The summed E-state index contributed by atoms with van der Waals surface area (Å²) in [5, 5.41) is 0. The Hall–Kier alpha value is -0.740. The maximum atomic E-state index is 5.78. The second-order valence-electron chi connectivity index (χ2n) is 4.44. The number of benzene rings is 1. The van der Waals surface area contributed by atoms with E-state index in [0.29, 0.717) is 13.2 Å². The molecule has 0 saturated heterocycles. The van der Waals surface area contributed by atoms with Gasteiger partial charge in [-0.05, 0) is 43.9 Å². The van der Waals surface area contributed by atoms with E-state index >= 15 is 0 Å². The molecular formula is C14H20BrNO2. The molecule has 1 aliphatic rings. The SMILES string of the molecule is CCc1c(CCCCN)c(Br)cc2c1OCCO2. The Labute approximate surface area is 117 Å². The monoisotopic (exact) mass is 313 g/mol. The minimum Gasteiger partial charge on any atom is -0.486 e. The van der Waals surface area contributed by atoms with Gasteiger partial charge in [0.15, 0.2) is 11.5 Å². The van der Waals surface area contributed by atoms with Crippen LogP contribution in [-0.2, 0) is 12.8 Å². The van der Waals surface area contributed by atoms with E-state index in [2.05, 4.69) is 22.9 Å². The number of rotatable bonds is 5. The number of hydrogen-bond donors (Lipinski definition) is 1. The van der Waals surface area contributed by atoms with Gasteiger partial charge < -0.3 is 15.2 Å². The van der Waals surface area contributed by atoms with Crippen LogP contribution in [0, 0.1) is 0 Å². The van der Waals surface area contributed by atoms with E-state index in [0.717, 1.165) is 48.2 Å². The smallest absolute Gasteiger partial charge is 0.164 e. The quantitative estimate of drug-likeness (QED) is 0.850. The predicted octanol–water partition coefficient (Wildman–Crippen LogP) is 3.06. The molecule has 0 radical (unpaired) electrons. The van der Waals surface area contributed by atoms with Gasteiger partial charge in [-0.15, -0.1) is 0 Å². The van der Waals surface area contributed by atoms with Crippen LogP contribution in [-0.4, -0.2) is 19.8 Å². The zero-order chi connectivity index (χ0) is 13.0. The molecule has 0 aromatic heterocycles. The van der Waals surface area contributed by atoms with Crippen LogP contribution in [0.3, 0.4) is 0 Å². The van der Waals surface area contributed by atoms with Crippen molar-refractivity contribution >= 4 is 15.9 Å². The van der Waals surface area contributed by atoms with Crippen LogP contribution in [0.5, 0.6) is 11.5 Å². The molecule has 100 valence electrons. The second-order valence-corrected chi connectivity index (χ2v) is 5.29. The van der Waals surface area contributed by atoms with Crippen molar-refractivity contribution in [3.63, 3.8) is 0 Å². The van der Waals surface area contributed by atoms with Gasteiger partial charge in [0, 0.05) is 10.0 Å². The van der Waals surface area contributed by atoms with Gasteiger partial charge in [0.05, 0.1) is 0 Å². The van der Waals surface area contributed by atoms with Crippen LogP contribution in [0.15, 0.2) is 10.5 Å². The second kappa shape index (κ2) is 6.43. The van der Waals surface area contributed by atoms with Crippen LogP contribution in [0.2, 0.25) is 0 Å². The third-order valence-corrected chi connectivity index (χ3v) is 3.94. The van der Waals surface area contributed by atoms with Gasteiger partial charge in [-0.1, -0.05) is 22.9 Å². The lowest BCUT2D eigenvalue weighted by Gasteiger charge is -2.24. The molecule has 2 N–H and O–H groups in total. The molecule has 1 aliphatic heterocycles. The van der Waals surface area contributed by atoms with Gasteiger partial charge in [-0.25, -0.2) is 0 Å². The molecule has 0 amide bonds. The van der Waals surface area contributed by atoms with Crippen molar-refractivity contribution in [2.75, 3.05) is 19.8 Å². The Balaban J connectivity index is 2.32. The number of nitrogens with two attached hydrogens (primary N) is 1. The van der Waals surface area contributed by atoms with E-state index in [1.807, 2.05) is 6.07 Å². The predicted molar refractivity (Wildman–Crippen MR) is 76.5 cm³/mol. The third kappa shape index (κ3) is 2.81. The van der Waals surface area contributed by atoms with E-state index in [-0.39, 0.29) is 0 Å². The topological polar surface area (TPSA) is 44.5 Å². The summed E-state index contributed by atoms with van der Waals surface area (Å²) >= 11 is 3.65. The van der Waals surface area contributed by atoms with Crippen LogP contribution < -0.4 is 15.2 Å². The minimum atomic E-state index is 0.634. The first-order valence-electron chi connectivity index (χ1n) is 6.57. The normalized spacial score (nSPS) is 13.7. The molecule has 4 heteroatoms. The highest BCUT2D eigenvalue weighted by atomic mass is 79.9. The van der Waals surface area contributed by atoms with E-state index < -0.39 is 0 Å². The molecule has 0 unspecified atom stereocenters. The highest BCUT2D eigenvalue weighted by molar-refractivity contribution is 9.10. The molecule has 1 aromatic carbocycles. The molecule has 0 fully saturated rings. The van der Waals surface area contributed by atoms with E-state index in [9.17, 15) is 0 Å². The van der Waals surface area contributed by atoms with Gasteiger partial charge in [0.25, 0.3) is 0 Å². The van der Waals surface area contributed by atoms with Crippen LogP contribution >= 0.6 is 15.9 Å². The molecule has 0 spiro atoms. The summed E-state index contributed by atoms with van der Waals surface area (Å²) in [4.78, 5) is 0. The first-order valence-corrected chi connectivity index (χ1v) is 7.37. The first-order chi connectivity index (χ1) is 8.77. The van der Waals surface area contributed by atoms with Crippen molar-refractivity contribution in [3.05, 3.63) is 21.7 Å². The molecule has 3 nitrogen and oxygen atoms in total. The molecule has 0 bridgehead atoms. The van der Waals surface area contributed by atoms with Crippen molar-refractivity contribution in [1.29, 1.82) is 0 Å². The number of unbranched alkanes of at least 4 members (excludes halogenated alkanes) is 1. The molecule has 0 atom stereocenters. The Bertz CT molecular complexity index is 421. The maximum Gasteiger partial charge on any atom is 0.164 e. The van der Waals surface area contributed by atoms with Crippen molar-refractivity contribution in [2.24, 2.45) is 5.73 Å². The lowest BCUT2D eigenvalue weighted by molar-refractivity contribution is 0.169.